The SMILES string of the molecule is C=C1C[C@@](O)(C(=O)O)c2ccc3c(c2)N(C[C@@H]2CC[C@H]2[C@@H](O)/C=C/C[C@@H](C)N1C)C[C@@]1(CCCc2cc(Cl)ccc21)CO3. The molecular weight excluding hydrogens is 564 g/mol. The van der Waals surface area contributed by atoms with Gasteiger partial charge in [-0.2, -0.15) is 0 Å². The number of carboxylic acid groups (broad SMARTS) is 1. The van der Waals surface area contributed by atoms with Gasteiger partial charge >= 0.3 is 5.97 Å². The van der Waals surface area contributed by atoms with Crippen molar-refractivity contribution in [2.24, 2.45) is 11.8 Å². The molecule has 2 aromatic carbocycles. The molecule has 0 saturated heterocycles. The van der Waals surface area contributed by atoms with Gasteiger partial charge in [-0.3, -0.25) is 0 Å². The van der Waals surface area contributed by atoms with Crippen LogP contribution < -0.4 is 9.64 Å². The summed E-state index contributed by atoms with van der Waals surface area (Å²) in [6.07, 6.45) is 8.86. The monoisotopic (exact) mass is 606 g/mol. The van der Waals surface area contributed by atoms with Gasteiger partial charge in [0.25, 0.3) is 0 Å². The number of aryl methyl sites for hydroxylation is 1. The van der Waals surface area contributed by atoms with E-state index in [1.807, 2.05) is 43.2 Å². The van der Waals surface area contributed by atoms with Gasteiger partial charge in [0.2, 0.25) is 0 Å². The number of rotatable bonds is 1. The normalized spacial score (nSPS) is 33.5. The Morgan fingerprint density at radius 1 is 1.19 bits per heavy atom. The van der Waals surface area contributed by atoms with Crippen molar-refractivity contribution in [1.29, 1.82) is 0 Å². The van der Waals surface area contributed by atoms with Crippen molar-refractivity contribution in [3.63, 3.8) is 0 Å². The minimum atomic E-state index is -2.16. The zero-order chi connectivity index (χ0) is 30.5. The molecule has 2 aromatic rings. The zero-order valence-corrected chi connectivity index (χ0v) is 25.9. The average Bonchev–Trinajstić information content (AvgIpc) is 3.11. The van der Waals surface area contributed by atoms with Gasteiger partial charge in [-0.15, -0.1) is 0 Å². The van der Waals surface area contributed by atoms with Crippen molar-refractivity contribution in [3.8, 4) is 5.75 Å². The number of carboxylic acids is 1. The molecule has 2 bridgehead atoms. The molecule has 1 spiro atoms. The highest BCUT2D eigenvalue weighted by atomic mass is 35.5. The van der Waals surface area contributed by atoms with Gasteiger partial charge in [0, 0.05) is 48.7 Å². The van der Waals surface area contributed by atoms with Crippen LogP contribution in [0, 0.1) is 11.8 Å². The number of aliphatic hydroxyl groups excluding tert-OH is 1. The number of nitrogens with zero attached hydrogens (tertiary/aromatic N) is 2. The average molecular weight is 607 g/mol. The van der Waals surface area contributed by atoms with Crippen molar-refractivity contribution in [1.82, 2.24) is 4.90 Å². The molecule has 0 amide bonds. The Labute approximate surface area is 259 Å². The topological polar surface area (TPSA) is 93.5 Å². The molecule has 2 heterocycles. The molecule has 43 heavy (non-hydrogen) atoms. The Kier molecular flexibility index (Phi) is 8.03. The second kappa shape index (κ2) is 11.5. The van der Waals surface area contributed by atoms with Crippen molar-refractivity contribution in [2.75, 3.05) is 31.6 Å². The number of aliphatic carboxylic acids is 1. The third-order valence-corrected chi connectivity index (χ3v) is 10.9. The van der Waals surface area contributed by atoms with Crippen LogP contribution in [-0.2, 0) is 22.2 Å². The Bertz CT molecular complexity index is 1440. The lowest BCUT2D eigenvalue weighted by Gasteiger charge is -2.45. The molecule has 230 valence electrons. The molecule has 0 radical (unpaired) electrons. The highest BCUT2D eigenvalue weighted by molar-refractivity contribution is 6.30. The molecule has 1 saturated carbocycles. The van der Waals surface area contributed by atoms with E-state index in [0.717, 1.165) is 42.8 Å². The summed E-state index contributed by atoms with van der Waals surface area (Å²) in [5, 5.41) is 34.1. The van der Waals surface area contributed by atoms with Gasteiger partial charge < -0.3 is 29.9 Å². The first-order valence-electron chi connectivity index (χ1n) is 15.5. The minimum absolute atomic E-state index is 0.0134. The maximum atomic E-state index is 12.7. The van der Waals surface area contributed by atoms with Crippen molar-refractivity contribution >= 4 is 23.3 Å². The first-order valence-corrected chi connectivity index (χ1v) is 15.9. The lowest BCUT2D eigenvalue weighted by molar-refractivity contribution is -0.160. The van der Waals surface area contributed by atoms with Crippen LogP contribution in [0.4, 0.5) is 5.69 Å². The molecule has 6 rings (SSSR count). The van der Waals surface area contributed by atoms with Crippen LogP contribution in [0.1, 0.15) is 62.1 Å². The fraction of sp³-hybridized carbons (Fsp3) is 0.514. The van der Waals surface area contributed by atoms with Crippen LogP contribution >= 0.6 is 11.6 Å². The molecule has 0 unspecified atom stereocenters. The second-order valence-electron chi connectivity index (χ2n) is 13.3. The fourth-order valence-electron chi connectivity index (χ4n) is 7.67. The van der Waals surface area contributed by atoms with Crippen molar-refractivity contribution in [2.45, 2.75) is 75.0 Å². The van der Waals surface area contributed by atoms with Crippen LogP contribution in [0.3, 0.4) is 0 Å². The zero-order valence-electron chi connectivity index (χ0n) is 25.1. The van der Waals surface area contributed by atoms with Gasteiger partial charge in [0.15, 0.2) is 5.60 Å². The van der Waals surface area contributed by atoms with Crippen molar-refractivity contribution < 1.29 is 24.9 Å². The highest BCUT2D eigenvalue weighted by Gasteiger charge is 2.45. The summed E-state index contributed by atoms with van der Waals surface area (Å²) < 4.78 is 6.59. The number of halogens is 1. The number of ether oxygens (including phenoxy) is 1. The molecule has 2 aliphatic carbocycles. The summed E-state index contributed by atoms with van der Waals surface area (Å²) in [6.45, 7) is 8.07. The van der Waals surface area contributed by atoms with Crippen LogP contribution in [0.15, 0.2) is 60.8 Å². The van der Waals surface area contributed by atoms with E-state index in [1.165, 1.54) is 11.1 Å². The Hall–Kier alpha value is -3.00. The summed E-state index contributed by atoms with van der Waals surface area (Å²) in [6, 6.07) is 11.5. The predicted octanol–water partition coefficient (Wildman–Crippen LogP) is 5.66. The van der Waals surface area contributed by atoms with Gasteiger partial charge in [-0.1, -0.05) is 42.5 Å². The molecule has 6 atom stereocenters. The molecule has 3 N–H and O–H groups in total. The number of anilines is 1. The van der Waals surface area contributed by atoms with Crippen LogP contribution in [0.25, 0.3) is 0 Å². The van der Waals surface area contributed by atoms with E-state index in [0.29, 0.717) is 43.1 Å². The maximum absolute atomic E-state index is 12.7. The van der Waals surface area contributed by atoms with Gasteiger partial charge in [0.1, 0.15) is 5.75 Å². The summed E-state index contributed by atoms with van der Waals surface area (Å²) in [5.74, 6) is -0.219. The summed E-state index contributed by atoms with van der Waals surface area (Å²) in [7, 11) is 1.87. The lowest BCUT2D eigenvalue weighted by Crippen LogP contribution is -2.49. The second-order valence-corrected chi connectivity index (χ2v) is 13.7. The maximum Gasteiger partial charge on any atom is 0.340 e. The molecule has 8 heteroatoms. The molecule has 1 fully saturated rings. The number of hydrogen-bond donors (Lipinski definition) is 3. The quantitative estimate of drug-likeness (QED) is 0.361. The Balaban J connectivity index is 1.46. The van der Waals surface area contributed by atoms with E-state index in [-0.39, 0.29) is 29.7 Å². The number of carbonyl (C=O) groups is 1. The first kappa shape index (κ1) is 30.0. The van der Waals surface area contributed by atoms with Gasteiger partial charge in [-0.25, -0.2) is 4.79 Å². The summed E-state index contributed by atoms with van der Waals surface area (Å²) in [5.41, 5.74) is 1.69. The third-order valence-electron chi connectivity index (χ3n) is 10.7. The first-order chi connectivity index (χ1) is 20.5. The molecule has 0 aromatic heterocycles. The number of aliphatic hydroxyl groups is 2. The molecular formula is C35H43ClN2O5. The molecule has 7 nitrogen and oxygen atoms in total. The fourth-order valence-corrected chi connectivity index (χ4v) is 7.87. The Morgan fingerprint density at radius 2 is 2.00 bits per heavy atom. The Morgan fingerprint density at radius 3 is 2.74 bits per heavy atom. The van der Waals surface area contributed by atoms with Gasteiger partial charge in [0.05, 0.1) is 18.4 Å². The smallest absolute Gasteiger partial charge is 0.340 e. The van der Waals surface area contributed by atoms with E-state index >= 15 is 0 Å². The van der Waals surface area contributed by atoms with E-state index in [1.54, 1.807) is 12.1 Å². The minimum Gasteiger partial charge on any atom is -0.490 e. The van der Waals surface area contributed by atoms with E-state index in [9.17, 15) is 20.1 Å². The summed E-state index contributed by atoms with van der Waals surface area (Å²) in [4.78, 5) is 17.0. The predicted molar refractivity (Wildman–Crippen MR) is 169 cm³/mol. The van der Waals surface area contributed by atoms with E-state index in [4.69, 9.17) is 16.3 Å². The standard InChI is InChI=1S/C35H43ClN2O5/c1-22-6-4-8-31(39)28-12-9-25(28)19-38-20-34(15-5-7-24-16-27(36)11-13-29(24)34)21-43-32-14-10-26(17-30(32)38)35(42,33(40)41)18-23(2)37(22)3/h4,8,10-11,13-14,16-17,22,25,28,31,39,42H,2,5-7,9,12,15,18-21H2,1,3H3,(H,40,41)/b8-4+/t22-,25+,28-,31+,34+,35+/m1/s1. The van der Waals surface area contributed by atoms with Crippen LogP contribution in [0.2, 0.25) is 5.02 Å². The van der Waals surface area contributed by atoms with Crippen LogP contribution in [0.5, 0.6) is 5.75 Å². The summed E-state index contributed by atoms with van der Waals surface area (Å²) >= 11 is 6.41. The van der Waals surface area contributed by atoms with E-state index < -0.39 is 17.7 Å². The molecule has 4 aliphatic rings. The van der Waals surface area contributed by atoms with Crippen molar-refractivity contribution in [3.05, 3.63) is 82.5 Å². The largest absolute Gasteiger partial charge is 0.490 e. The molecule has 2 aliphatic heterocycles. The third kappa shape index (κ3) is 5.45. The number of fused-ring (bicyclic) bond motifs is 4. The highest BCUT2D eigenvalue weighted by Crippen LogP contribution is 2.47. The van der Waals surface area contributed by atoms with E-state index in [2.05, 4.69) is 23.6 Å². The lowest BCUT2D eigenvalue weighted by atomic mass is 9.68. The van der Waals surface area contributed by atoms with Gasteiger partial charge in [-0.05, 0) is 98.2 Å². The number of benzene rings is 2. The van der Waals surface area contributed by atoms with Crippen LogP contribution in [-0.4, -0.2) is 65.1 Å². The number of hydrogen-bond acceptors (Lipinski definition) is 6.